The van der Waals surface area contributed by atoms with Gasteiger partial charge in [-0.25, -0.2) is 0 Å². The van der Waals surface area contributed by atoms with Gasteiger partial charge < -0.3 is 0 Å². The number of aryl methyl sites for hydroxylation is 1. The molecule has 3 aliphatic rings. The highest BCUT2D eigenvalue weighted by atomic mass is 14.4. The van der Waals surface area contributed by atoms with Crippen LogP contribution in [0.25, 0.3) is 0 Å². The summed E-state index contributed by atoms with van der Waals surface area (Å²) in [5.74, 6) is 6.16. The molecule has 0 amide bonds. The summed E-state index contributed by atoms with van der Waals surface area (Å²) in [7, 11) is 0. The van der Waals surface area contributed by atoms with Crippen LogP contribution in [-0.4, -0.2) is 0 Å². The van der Waals surface area contributed by atoms with E-state index >= 15 is 0 Å². The van der Waals surface area contributed by atoms with Crippen molar-refractivity contribution in [1.82, 2.24) is 0 Å². The third-order valence-electron chi connectivity index (χ3n) is 9.67. The third kappa shape index (κ3) is 6.39. The molecule has 3 fully saturated rings. The van der Waals surface area contributed by atoms with Gasteiger partial charge in [0.1, 0.15) is 0 Å². The summed E-state index contributed by atoms with van der Waals surface area (Å²) in [5, 5.41) is 0. The van der Waals surface area contributed by atoms with Gasteiger partial charge in [0.05, 0.1) is 0 Å². The summed E-state index contributed by atoms with van der Waals surface area (Å²) in [4.78, 5) is 0. The molecule has 1 aromatic carbocycles. The molecule has 31 heavy (non-hydrogen) atoms. The molecule has 0 aliphatic heterocycles. The molecule has 174 valence electrons. The fourth-order valence-corrected chi connectivity index (χ4v) is 7.71. The molecule has 1 aromatic rings. The quantitative estimate of drug-likeness (QED) is 0.347. The maximum atomic E-state index is 2.46. The van der Waals surface area contributed by atoms with Crippen molar-refractivity contribution in [2.24, 2.45) is 29.6 Å². The van der Waals surface area contributed by atoms with E-state index in [-0.39, 0.29) is 0 Å². The molecule has 0 nitrogen and oxygen atoms in total. The smallest absolute Gasteiger partial charge is 0.0159 e. The number of unbranched alkanes of at least 4 members (excludes halogenated alkanes) is 3. The lowest BCUT2D eigenvalue weighted by Gasteiger charge is -2.45. The van der Waals surface area contributed by atoms with Gasteiger partial charge in [-0.1, -0.05) is 89.5 Å². The van der Waals surface area contributed by atoms with Crippen molar-refractivity contribution in [3.8, 4) is 0 Å². The van der Waals surface area contributed by atoms with Gasteiger partial charge >= 0.3 is 0 Å². The average molecular weight is 423 g/mol. The van der Waals surface area contributed by atoms with Crippen LogP contribution in [0.5, 0.6) is 0 Å². The zero-order chi connectivity index (χ0) is 21.5. The Bertz CT molecular complexity index is 620. The van der Waals surface area contributed by atoms with Crippen LogP contribution in [0.4, 0.5) is 0 Å². The highest BCUT2D eigenvalue weighted by molar-refractivity contribution is 5.26. The first-order valence-electron chi connectivity index (χ1n) is 14.4. The topological polar surface area (TPSA) is 0 Å². The minimum Gasteiger partial charge on any atom is -0.0654 e. The van der Waals surface area contributed by atoms with E-state index in [9.17, 15) is 0 Å². The molecule has 3 saturated carbocycles. The Labute approximate surface area is 194 Å². The lowest BCUT2D eigenvalue weighted by atomic mass is 9.60. The average Bonchev–Trinajstić information content (AvgIpc) is 2.82. The Hall–Kier alpha value is -0.780. The standard InChI is InChI=1S/C31H50/c1-3-5-6-7-9-25-12-16-27(17-13-25)29-19-21-30-22-28(18-20-31(30)23-29)26-14-10-24(8-4-2)11-15-26/h10-11,14-15,25,27-31H,3-9,12-13,16-23H2,1-2H3. The van der Waals surface area contributed by atoms with Crippen LogP contribution in [0.2, 0.25) is 0 Å². The number of hydrogen-bond donors (Lipinski definition) is 0. The van der Waals surface area contributed by atoms with Crippen LogP contribution in [0.1, 0.15) is 134 Å². The van der Waals surface area contributed by atoms with Crippen molar-refractivity contribution in [1.29, 1.82) is 0 Å². The van der Waals surface area contributed by atoms with E-state index in [2.05, 4.69) is 38.1 Å². The predicted molar refractivity (Wildman–Crippen MR) is 136 cm³/mol. The molecule has 4 unspecified atom stereocenters. The van der Waals surface area contributed by atoms with Crippen LogP contribution in [-0.2, 0) is 6.42 Å². The van der Waals surface area contributed by atoms with Crippen LogP contribution in [0.15, 0.2) is 24.3 Å². The Morgan fingerprint density at radius 3 is 1.97 bits per heavy atom. The van der Waals surface area contributed by atoms with Gasteiger partial charge in [0.2, 0.25) is 0 Å². The van der Waals surface area contributed by atoms with Gasteiger partial charge in [-0.05, 0) is 104 Å². The van der Waals surface area contributed by atoms with E-state index in [1.807, 2.05) is 0 Å². The minimum absolute atomic E-state index is 0.844. The Balaban J connectivity index is 1.20. The van der Waals surface area contributed by atoms with E-state index in [0.29, 0.717) is 0 Å². The summed E-state index contributed by atoms with van der Waals surface area (Å²) in [5.41, 5.74) is 3.16. The van der Waals surface area contributed by atoms with Crippen molar-refractivity contribution < 1.29 is 0 Å². The maximum Gasteiger partial charge on any atom is -0.0159 e. The summed E-state index contributed by atoms with van der Waals surface area (Å²) >= 11 is 0. The summed E-state index contributed by atoms with van der Waals surface area (Å²) in [6.07, 6.45) is 25.2. The lowest BCUT2D eigenvalue weighted by Crippen LogP contribution is -2.34. The molecule has 0 N–H and O–H groups in total. The fourth-order valence-electron chi connectivity index (χ4n) is 7.71. The van der Waals surface area contributed by atoms with E-state index in [1.54, 1.807) is 44.1 Å². The van der Waals surface area contributed by atoms with Gasteiger partial charge in [0, 0.05) is 0 Å². The van der Waals surface area contributed by atoms with Crippen molar-refractivity contribution >= 4 is 0 Å². The molecule has 0 heteroatoms. The van der Waals surface area contributed by atoms with Crippen LogP contribution in [0, 0.1) is 29.6 Å². The number of fused-ring (bicyclic) bond motifs is 1. The molecule has 4 atom stereocenters. The predicted octanol–water partition coefficient (Wildman–Crippen LogP) is 9.72. The Morgan fingerprint density at radius 2 is 1.26 bits per heavy atom. The normalized spacial score (nSPS) is 33.7. The van der Waals surface area contributed by atoms with Gasteiger partial charge in [0.25, 0.3) is 0 Å². The van der Waals surface area contributed by atoms with E-state index in [0.717, 1.165) is 35.5 Å². The number of benzene rings is 1. The zero-order valence-electron chi connectivity index (χ0n) is 20.8. The summed E-state index contributed by atoms with van der Waals surface area (Å²) in [6, 6.07) is 9.73. The maximum absolute atomic E-state index is 2.46. The molecule has 0 radical (unpaired) electrons. The lowest BCUT2D eigenvalue weighted by molar-refractivity contribution is 0.0710. The van der Waals surface area contributed by atoms with Crippen LogP contribution >= 0.6 is 0 Å². The van der Waals surface area contributed by atoms with Crippen molar-refractivity contribution in [2.75, 3.05) is 0 Å². The first-order valence-corrected chi connectivity index (χ1v) is 14.4. The molecule has 3 aliphatic carbocycles. The molecule has 0 aromatic heterocycles. The van der Waals surface area contributed by atoms with E-state index in [4.69, 9.17) is 0 Å². The van der Waals surface area contributed by atoms with Crippen LogP contribution < -0.4 is 0 Å². The van der Waals surface area contributed by atoms with Crippen LogP contribution in [0.3, 0.4) is 0 Å². The molecule has 0 heterocycles. The monoisotopic (exact) mass is 422 g/mol. The second-order valence-corrected chi connectivity index (χ2v) is 11.7. The first-order chi connectivity index (χ1) is 15.3. The Kier molecular flexibility index (Phi) is 8.98. The second kappa shape index (κ2) is 11.9. The fraction of sp³-hybridized carbons (Fsp3) is 0.806. The van der Waals surface area contributed by atoms with Gasteiger partial charge in [-0.2, -0.15) is 0 Å². The number of hydrogen-bond acceptors (Lipinski definition) is 0. The van der Waals surface area contributed by atoms with Crippen molar-refractivity contribution in [2.45, 2.75) is 129 Å². The zero-order valence-corrected chi connectivity index (χ0v) is 20.8. The molecule has 0 bridgehead atoms. The van der Waals surface area contributed by atoms with Gasteiger partial charge in [-0.15, -0.1) is 0 Å². The van der Waals surface area contributed by atoms with E-state index in [1.165, 1.54) is 76.2 Å². The van der Waals surface area contributed by atoms with Crippen molar-refractivity contribution in [3.63, 3.8) is 0 Å². The molecule has 0 saturated heterocycles. The van der Waals surface area contributed by atoms with E-state index < -0.39 is 0 Å². The number of rotatable bonds is 9. The highest BCUT2D eigenvalue weighted by Gasteiger charge is 2.39. The Morgan fingerprint density at radius 1 is 0.613 bits per heavy atom. The molecular weight excluding hydrogens is 372 g/mol. The van der Waals surface area contributed by atoms with Gasteiger partial charge in [0.15, 0.2) is 0 Å². The second-order valence-electron chi connectivity index (χ2n) is 11.7. The third-order valence-corrected chi connectivity index (χ3v) is 9.67. The first kappa shape index (κ1) is 23.4. The summed E-state index contributed by atoms with van der Waals surface area (Å²) < 4.78 is 0. The molecular formula is C31H50. The SMILES string of the molecule is CCCCCCC1CCC(C2CCC3CC(c4ccc(CCC)cc4)CCC3C2)CC1. The van der Waals surface area contributed by atoms with Crippen molar-refractivity contribution in [3.05, 3.63) is 35.4 Å². The van der Waals surface area contributed by atoms with Gasteiger partial charge in [-0.3, -0.25) is 0 Å². The minimum atomic E-state index is 0.844. The molecule has 4 rings (SSSR count). The summed E-state index contributed by atoms with van der Waals surface area (Å²) in [6.45, 7) is 4.61. The highest BCUT2D eigenvalue weighted by Crippen LogP contribution is 2.51. The largest absolute Gasteiger partial charge is 0.0654 e. The molecule has 0 spiro atoms.